The molecule has 11 heteroatoms. The molecule has 39 heavy (non-hydrogen) atoms. The van der Waals surface area contributed by atoms with E-state index in [0.29, 0.717) is 13.0 Å². The SMILES string of the molecule is CC.CCOC(=O)/C=C/C(CC1CCNC1=O)NC(=O)CCC(=O)c1ccc(-c2ccccc2C(F)(F)F)[nH]1. The first kappa shape index (κ1) is 31.3. The molecule has 1 saturated heterocycles. The van der Waals surface area contributed by atoms with Gasteiger partial charge in [0.05, 0.1) is 17.9 Å². The van der Waals surface area contributed by atoms with Gasteiger partial charge in [0.15, 0.2) is 5.78 Å². The van der Waals surface area contributed by atoms with Gasteiger partial charge in [-0.2, -0.15) is 13.2 Å². The van der Waals surface area contributed by atoms with E-state index in [0.717, 1.165) is 6.07 Å². The van der Waals surface area contributed by atoms with Gasteiger partial charge in [-0.05, 0) is 38.0 Å². The van der Waals surface area contributed by atoms with Gasteiger partial charge >= 0.3 is 12.1 Å². The van der Waals surface area contributed by atoms with Gasteiger partial charge in [0.2, 0.25) is 11.8 Å². The molecule has 0 radical (unpaired) electrons. The van der Waals surface area contributed by atoms with Crippen LogP contribution < -0.4 is 10.6 Å². The molecule has 2 atom stereocenters. The van der Waals surface area contributed by atoms with Crippen LogP contribution in [0.25, 0.3) is 11.3 Å². The number of halogens is 3. The minimum Gasteiger partial charge on any atom is -0.463 e. The maximum Gasteiger partial charge on any atom is 0.417 e. The van der Waals surface area contributed by atoms with Crippen LogP contribution in [0.15, 0.2) is 48.6 Å². The molecular weight excluding hydrogens is 515 g/mol. The average Bonchev–Trinajstić information content (AvgIpc) is 3.56. The van der Waals surface area contributed by atoms with E-state index in [9.17, 15) is 32.3 Å². The number of rotatable bonds is 11. The first-order chi connectivity index (χ1) is 18.6. The van der Waals surface area contributed by atoms with E-state index in [2.05, 4.69) is 15.6 Å². The number of amides is 2. The van der Waals surface area contributed by atoms with Crippen LogP contribution in [0.5, 0.6) is 0 Å². The highest BCUT2D eigenvalue weighted by Crippen LogP contribution is 2.36. The van der Waals surface area contributed by atoms with E-state index < -0.39 is 35.4 Å². The number of hydrogen-bond donors (Lipinski definition) is 3. The van der Waals surface area contributed by atoms with Crippen molar-refractivity contribution in [2.75, 3.05) is 13.2 Å². The lowest BCUT2D eigenvalue weighted by Crippen LogP contribution is -2.36. The van der Waals surface area contributed by atoms with Gasteiger partial charge in [0.1, 0.15) is 0 Å². The third-order valence-corrected chi connectivity index (χ3v) is 5.89. The third-order valence-electron chi connectivity index (χ3n) is 5.89. The molecule has 0 saturated carbocycles. The molecule has 2 amide bonds. The van der Waals surface area contributed by atoms with Crippen LogP contribution in [-0.2, 0) is 25.3 Å². The van der Waals surface area contributed by atoms with E-state index in [1.165, 1.54) is 42.5 Å². The molecule has 1 aliphatic heterocycles. The Morgan fingerprint density at radius 1 is 1.13 bits per heavy atom. The predicted octanol–water partition coefficient (Wildman–Crippen LogP) is 4.82. The summed E-state index contributed by atoms with van der Waals surface area (Å²) < 4.78 is 44.8. The van der Waals surface area contributed by atoms with E-state index in [4.69, 9.17) is 4.74 Å². The van der Waals surface area contributed by atoms with Gasteiger partial charge in [-0.15, -0.1) is 0 Å². The number of aromatic nitrogens is 1. The number of esters is 1. The lowest BCUT2D eigenvalue weighted by Gasteiger charge is -2.18. The number of benzene rings is 1. The fourth-order valence-corrected chi connectivity index (χ4v) is 4.07. The summed E-state index contributed by atoms with van der Waals surface area (Å²) in [5.74, 6) is -1.95. The zero-order chi connectivity index (χ0) is 29.0. The first-order valence-electron chi connectivity index (χ1n) is 12.9. The summed E-state index contributed by atoms with van der Waals surface area (Å²) in [5.41, 5.74) is -0.687. The maximum atomic E-state index is 13.3. The number of ether oxygens (including phenoxy) is 1. The summed E-state index contributed by atoms with van der Waals surface area (Å²) in [4.78, 5) is 51.5. The number of ketones is 1. The minimum absolute atomic E-state index is 0.0843. The van der Waals surface area contributed by atoms with E-state index >= 15 is 0 Å². The Labute approximate surface area is 225 Å². The summed E-state index contributed by atoms with van der Waals surface area (Å²) in [6.07, 6.45) is -1.41. The van der Waals surface area contributed by atoms with Crippen LogP contribution in [-0.4, -0.2) is 47.7 Å². The number of Topliss-reactive ketones (excluding diaryl/α,β-unsaturated/α-hetero) is 1. The smallest absolute Gasteiger partial charge is 0.417 e. The van der Waals surface area contributed by atoms with Crippen molar-refractivity contribution in [2.24, 2.45) is 5.92 Å². The molecule has 2 unspecified atom stereocenters. The molecule has 0 bridgehead atoms. The second kappa shape index (κ2) is 14.9. The summed E-state index contributed by atoms with van der Waals surface area (Å²) in [7, 11) is 0. The average molecular weight is 550 g/mol. The van der Waals surface area contributed by atoms with Crippen molar-refractivity contribution in [3.8, 4) is 11.3 Å². The number of alkyl halides is 3. The molecule has 1 aliphatic rings. The molecule has 1 fully saturated rings. The van der Waals surface area contributed by atoms with E-state index in [1.807, 2.05) is 13.8 Å². The molecule has 3 rings (SSSR count). The lowest BCUT2D eigenvalue weighted by atomic mass is 9.97. The van der Waals surface area contributed by atoms with Gasteiger partial charge in [-0.3, -0.25) is 14.4 Å². The van der Waals surface area contributed by atoms with Crippen molar-refractivity contribution in [1.29, 1.82) is 0 Å². The highest BCUT2D eigenvalue weighted by molar-refractivity contribution is 5.97. The molecule has 3 N–H and O–H groups in total. The zero-order valence-corrected chi connectivity index (χ0v) is 22.2. The van der Waals surface area contributed by atoms with Crippen LogP contribution in [0.3, 0.4) is 0 Å². The van der Waals surface area contributed by atoms with Crippen molar-refractivity contribution >= 4 is 23.6 Å². The Bertz CT molecular complexity index is 1170. The molecule has 1 aromatic heterocycles. The van der Waals surface area contributed by atoms with Gasteiger partial charge in [-0.1, -0.05) is 38.1 Å². The van der Waals surface area contributed by atoms with Crippen molar-refractivity contribution < 1.29 is 37.1 Å². The normalized spacial score (nSPS) is 15.7. The van der Waals surface area contributed by atoms with E-state index in [1.54, 1.807) is 6.92 Å². The van der Waals surface area contributed by atoms with Gasteiger partial charge in [0, 0.05) is 48.7 Å². The van der Waals surface area contributed by atoms with Crippen LogP contribution >= 0.6 is 0 Å². The zero-order valence-electron chi connectivity index (χ0n) is 22.2. The number of aromatic amines is 1. The standard InChI is InChI=1S/C26H28F3N3O5.C2H6/c1-2-37-24(35)12-7-17(15-16-13-14-30-25(16)36)31-23(34)11-10-22(33)21-9-8-20(32-21)18-5-3-4-6-19(18)26(27,28)29;1-2/h3-9,12,16-17,32H,2,10-11,13-15H2,1H3,(H,30,36)(H,31,34);1-2H3/b12-7+;. The predicted molar refractivity (Wildman–Crippen MR) is 140 cm³/mol. The van der Waals surface area contributed by atoms with Crippen LogP contribution in [0.4, 0.5) is 13.2 Å². The second-order valence-electron chi connectivity index (χ2n) is 8.55. The Balaban J connectivity index is 0.00000260. The van der Waals surface area contributed by atoms with Gasteiger partial charge in [-0.25, -0.2) is 4.79 Å². The van der Waals surface area contributed by atoms with Crippen molar-refractivity contribution in [3.05, 3.63) is 59.8 Å². The fourth-order valence-electron chi connectivity index (χ4n) is 4.07. The molecular formula is C28H34F3N3O5. The second-order valence-corrected chi connectivity index (χ2v) is 8.55. The highest BCUT2D eigenvalue weighted by Gasteiger charge is 2.33. The summed E-state index contributed by atoms with van der Waals surface area (Å²) in [6, 6.07) is 7.17. The topological polar surface area (TPSA) is 117 Å². The Morgan fingerprint density at radius 3 is 2.49 bits per heavy atom. The number of nitrogens with one attached hydrogen (secondary N) is 3. The molecule has 2 aromatic rings. The van der Waals surface area contributed by atoms with Gasteiger partial charge < -0.3 is 20.4 Å². The van der Waals surface area contributed by atoms with Crippen LogP contribution in [0.2, 0.25) is 0 Å². The molecule has 2 heterocycles. The van der Waals surface area contributed by atoms with Crippen molar-refractivity contribution in [2.45, 2.75) is 58.7 Å². The number of hydrogen-bond acceptors (Lipinski definition) is 5. The summed E-state index contributed by atoms with van der Waals surface area (Å²) in [5, 5.41) is 5.44. The molecule has 8 nitrogen and oxygen atoms in total. The monoisotopic (exact) mass is 549 g/mol. The van der Waals surface area contributed by atoms with Gasteiger partial charge in [0.25, 0.3) is 0 Å². The lowest BCUT2D eigenvalue weighted by molar-refractivity contribution is -0.138. The number of carbonyl (C=O) groups excluding carboxylic acids is 4. The Hall–Kier alpha value is -3.89. The third kappa shape index (κ3) is 9.42. The summed E-state index contributed by atoms with van der Waals surface area (Å²) in [6.45, 7) is 6.38. The van der Waals surface area contributed by atoms with Crippen LogP contribution in [0.1, 0.15) is 62.5 Å². The number of H-pyrrole nitrogens is 1. The summed E-state index contributed by atoms with van der Waals surface area (Å²) >= 11 is 0. The largest absolute Gasteiger partial charge is 0.463 e. The first-order valence-corrected chi connectivity index (χ1v) is 12.9. The quantitative estimate of drug-likeness (QED) is 0.211. The van der Waals surface area contributed by atoms with E-state index in [-0.39, 0.29) is 54.6 Å². The number of carbonyl (C=O) groups is 4. The maximum absolute atomic E-state index is 13.3. The molecule has 212 valence electrons. The Morgan fingerprint density at radius 2 is 1.85 bits per heavy atom. The van der Waals surface area contributed by atoms with Crippen molar-refractivity contribution in [3.63, 3.8) is 0 Å². The molecule has 1 aromatic carbocycles. The molecule has 0 aliphatic carbocycles. The van der Waals surface area contributed by atoms with Crippen molar-refractivity contribution in [1.82, 2.24) is 15.6 Å². The van der Waals surface area contributed by atoms with Crippen LogP contribution in [0, 0.1) is 5.92 Å². The highest BCUT2D eigenvalue weighted by atomic mass is 19.4. The fraction of sp³-hybridized carbons (Fsp3) is 0.429. The Kier molecular flexibility index (Phi) is 12.0. The minimum atomic E-state index is -4.55. The molecule has 0 spiro atoms.